The highest BCUT2D eigenvalue weighted by Crippen LogP contribution is 2.30. The topological polar surface area (TPSA) is 97.6 Å². The van der Waals surface area contributed by atoms with Crippen LogP contribution in [0.4, 0.5) is 13.2 Å². The molecule has 2 heterocycles. The Morgan fingerprint density at radius 3 is 2.32 bits per heavy atom. The third-order valence-corrected chi connectivity index (χ3v) is 7.11. The van der Waals surface area contributed by atoms with E-state index in [2.05, 4.69) is 19.8 Å². The van der Waals surface area contributed by atoms with Gasteiger partial charge < -0.3 is 9.26 Å². The fourth-order valence-corrected chi connectivity index (χ4v) is 4.99. The molecule has 1 fully saturated rings. The van der Waals surface area contributed by atoms with Gasteiger partial charge in [-0.25, -0.2) is 13.1 Å². The van der Waals surface area contributed by atoms with Crippen LogP contribution in [0.1, 0.15) is 24.3 Å². The van der Waals surface area contributed by atoms with E-state index in [0.29, 0.717) is 49.7 Å². The maximum atomic E-state index is 12.7. The largest absolute Gasteiger partial charge is 0.497 e. The lowest BCUT2D eigenvalue weighted by molar-refractivity contribution is -0.137. The Morgan fingerprint density at radius 1 is 1.09 bits per heavy atom. The van der Waals surface area contributed by atoms with E-state index in [1.54, 1.807) is 12.1 Å². The van der Waals surface area contributed by atoms with Crippen molar-refractivity contribution in [3.63, 3.8) is 0 Å². The van der Waals surface area contributed by atoms with Crippen molar-refractivity contribution >= 4 is 10.0 Å². The van der Waals surface area contributed by atoms with E-state index in [0.717, 1.165) is 12.1 Å². The smallest absolute Gasteiger partial charge is 0.416 e. The van der Waals surface area contributed by atoms with Crippen molar-refractivity contribution in [2.45, 2.75) is 36.5 Å². The number of rotatable bonds is 7. The minimum absolute atomic E-state index is 0.178. The molecule has 3 aromatic rings. The second-order valence-electron chi connectivity index (χ2n) is 7.93. The number of methoxy groups -OCH3 is 1. The summed E-state index contributed by atoms with van der Waals surface area (Å²) in [6, 6.07) is 10.6. The summed E-state index contributed by atoms with van der Waals surface area (Å²) in [6.45, 7) is 1.60. The molecule has 1 N–H and O–H groups in total. The van der Waals surface area contributed by atoms with Gasteiger partial charge >= 0.3 is 6.18 Å². The van der Waals surface area contributed by atoms with Crippen LogP contribution in [0.3, 0.4) is 0 Å². The molecule has 1 aliphatic rings. The van der Waals surface area contributed by atoms with E-state index in [4.69, 9.17) is 9.26 Å². The standard InChI is InChI=1S/C22H23F3N4O4S/c1-32-18-6-8-19(9-7-18)34(30,31)28-17-10-12-29(13-11-17)14-20-26-21(27-33-20)15-2-4-16(5-3-15)22(23,24)25/h2-9,17,28H,10-14H2,1H3. The summed E-state index contributed by atoms with van der Waals surface area (Å²) in [6.07, 6.45) is -3.19. The normalized spacial score (nSPS) is 16.0. The Hall–Kier alpha value is -2.96. The maximum Gasteiger partial charge on any atom is 0.416 e. The van der Waals surface area contributed by atoms with E-state index < -0.39 is 21.8 Å². The molecule has 12 heteroatoms. The van der Waals surface area contributed by atoms with Crippen LogP contribution in [0.2, 0.25) is 0 Å². The number of piperidine rings is 1. The monoisotopic (exact) mass is 496 g/mol. The van der Waals surface area contributed by atoms with Gasteiger partial charge in [0.15, 0.2) is 0 Å². The highest BCUT2D eigenvalue weighted by Gasteiger charge is 2.30. The number of nitrogens with one attached hydrogen (secondary N) is 1. The number of likely N-dealkylation sites (tertiary alicyclic amines) is 1. The highest BCUT2D eigenvalue weighted by molar-refractivity contribution is 7.89. The molecule has 0 bridgehead atoms. The molecule has 0 amide bonds. The van der Waals surface area contributed by atoms with Crippen LogP contribution < -0.4 is 9.46 Å². The van der Waals surface area contributed by atoms with E-state index in [9.17, 15) is 21.6 Å². The lowest BCUT2D eigenvalue weighted by Crippen LogP contribution is -2.44. The van der Waals surface area contributed by atoms with Crippen molar-refractivity contribution < 1.29 is 30.8 Å². The zero-order valence-corrected chi connectivity index (χ0v) is 19.1. The van der Waals surface area contributed by atoms with Crippen LogP contribution in [-0.2, 0) is 22.7 Å². The van der Waals surface area contributed by atoms with E-state index in [1.165, 1.54) is 31.4 Å². The molecule has 1 aromatic heterocycles. The molecule has 0 radical (unpaired) electrons. The van der Waals surface area contributed by atoms with E-state index in [-0.39, 0.29) is 16.8 Å². The summed E-state index contributed by atoms with van der Waals surface area (Å²) in [5.74, 6) is 1.13. The molecular weight excluding hydrogens is 473 g/mol. The molecule has 0 atom stereocenters. The molecule has 2 aromatic carbocycles. The Labute approximate surface area is 194 Å². The summed E-state index contributed by atoms with van der Waals surface area (Å²) in [5.41, 5.74) is -0.319. The average molecular weight is 497 g/mol. The second-order valence-corrected chi connectivity index (χ2v) is 9.65. The zero-order valence-electron chi connectivity index (χ0n) is 18.2. The molecule has 0 saturated carbocycles. The summed E-state index contributed by atoms with van der Waals surface area (Å²) in [4.78, 5) is 6.51. The Bertz CT molecular complexity index is 1200. The quantitative estimate of drug-likeness (QED) is 0.533. The van der Waals surface area contributed by atoms with Crippen molar-refractivity contribution in [3.8, 4) is 17.1 Å². The number of sulfonamides is 1. The van der Waals surface area contributed by atoms with Crippen LogP contribution in [-0.4, -0.2) is 49.7 Å². The van der Waals surface area contributed by atoms with E-state index >= 15 is 0 Å². The molecule has 8 nitrogen and oxygen atoms in total. The van der Waals surface area contributed by atoms with Gasteiger partial charge in [-0.2, -0.15) is 18.2 Å². The molecule has 1 saturated heterocycles. The predicted octanol–water partition coefficient (Wildman–Crippen LogP) is 3.71. The first-order valence-electron chi connectivity index (χ1n) is 10.5. The van der Waals surface area contributed by atoms with Crippen molar-refractivity contribution in [1.82, 2.24) is 19.8 Å². The molecule has 1 aliphatic heterocycles. The van der Waals surface area contributed by atoms with E-state index in [1.807, 2.05) is 0 Å². The van der Waals surface area contributed by atoms with Crippen LogP contribution >= 0.6 is 0 Å². The fraction of sp³-hybridized carbons (Fsp3) is 0.364. The summed E-state index contributed by atoms with van der Waals surface area (Å²) in [5, 5.41) is 3.86. The minimum Gasteiger partial charge on any atom is -0.497 e. The summed E-state index contributed by atoms with van der Waals surface area (Å²) < 4.78 is 76.5. The number of nitrogens with zero attached hydrogens (tertiary/aromatic N) is 3. The van der Waals surface area contributed by atoms with Gasteiger partial charge in [0.25, 0.3) is 0 Å². The number of hydrogen-bond donors (Lipinski definition) is 1. The van der Waals surface area contributed by atoms with Crippen molar-refractivity contribution in [1.29, 1.82) is 0 Å². The van der Waals surface area contributed by atoms with Gasteiger partial charge in [0, 0.05) is 24.7 Å². The van der Waals surface area contributed by atoms with Gasteiger partial charge in [-0.1, -0.05) is 17.3 Å². The number of halogens is 3. The summed E-state index contributed by atoms with van der Waals surface area (Å²) >= 11 is 0. The SMILES string of the molecule is COc1ccc(S(=O)(=O)NC2CCN(Cc3nc(-c4ccc(C(F)(F)F)cc4)no3)CC2)cc1. The third kappa shape index (κ3) is 5.75. The van der Waals surface area contributed by atoms with Gasteiger partial charge in [0.2, 0.25) is 21.7 Å². The Morgan fingerprint density at radius 2 is 1.74 bits per heavy atom. The van der Waals surface area contributed by atoms with Gasteiger partial charge in [0.1, 0.15) is 5.75 Å². The number of aromatic nitrogens is 2. The van der Waals surface area contributed by atoms with Crippen LogP contribution in [0.25, 0.3) is 11.4 Å². The predicted molar refractivity (Wildman–Crippen MR) is 116 cm³/mol. The fourth-order valence-electron chi connectivity index (χ4n) is 3.69. The molecule has 182 valence electrons. The van der Waals surface area contributed by atoms with Crippen molar-refractivity contribution in [2.24, 2.45) is 0 Å². The van der Waals surface area contributed by atoms with Crippen molar-refractivity contribution in [3.05, 3.63) is 60.0 Å². The molecular formula is C22H23F3N4O4S. The number of benzene rings is 2. The molecule has 0 spiro atoms. The Balaban J connectivity index is 1.30. The highest BCUT2D eigenvalue weighted by atomic mass is 32.2. The lowest BCUT2D eigenvalue weighted by atomic mass is 10.1. The van der Waals surface area contributed by atoms with Gasteiger partial charge in [-0.15, -0.1) is 0 Å². The van der Waals surface area contributed by atoms with Crippen LogP contribution in [0.15, 0.2) is 57.9 Å². The van der Waals surface area contributed by atoms with Gasteiger partial charge in [-0.3, -0.25) is 4.90 Å². The first kappa shape index (κ1) is 24.2. The third-order valence-electron chi connectivity index (χ3n) is 5.58. The van der Waals surface area contributed by atoms with Crippen molar-refractivity contribution in [2.75, 3.05) is 20.2 Å². The maximum absolute atomic E-state index is 12.7. The first-order valence-corrected chi connectivity index (χ1v) is 12.0. The number of hydrogen-bond acceptors (Lipinski definition) is 7. The average Bonchev–Trinajstić information content (AvgIpc) is 3.28. The first-order chi connectivity index (χ1) is 16.1. The number of alkyl halides is 3. The molecule has 4 rings (SSSR count). The van der Waals surface area contributed by atoms with Crippen LogP contribution in [0.5, 0.6) is 5.75 Å². The number of ether oxygens (including phenoxy) is 1. The van der Waals surface area contributed by atoms with Crippen LogP contribution in [0, 0.1) is 0 Å². The second kappa shape index (κ2) is 9.72. The van der Waals surface area contributed by atoms with Gasteiger partial charge in [0.05, 0.1) is 24.1 Å². The molecule has 0 unspecified atom stereocenters. The van der Waals surface area contributed by atoms with Gasteiger partial charge in [-0.05, 0) is 49.2 Å². The lowest BCUT2D eigenvalue weighted by Gasteiger charge is -2.31. The molecule has 0 aliphatic carbocycles. The Kier molecular flexibility index (Phi) is 6.91. The summed E-state index contributed by atoms with van der Waals surface area (Å²) in [7, 11) is -2.12. The molecule has 34 heavy (non-hydrogen) atoms. The minimum atomic E-state index is -4.41. The zero-order chi connectivity index (χ0) is 24.3.